The van der Waals surface area contributed by atoms with Gasteiger partial charge in [-0.2, -0.15) is 5.26 Å². The van der Waals surface area contributed by atoms with Gasteiger partial charge in [-0.1, -0.05) is 39.0 Å². The lowest BCUT2D eigenvalue weighted by Crippen LogP contribution is -2.63. The molecule has 0 bridgehead atoms. The van der Waals surface area contributed by atoms with Gasteiger partial charge in [0.15, 0.2) is 5.60 Å². The first-order valence-corrected chi connectivity index (χ1v) is 13.3. The summed E-state index contributed by atoms with van der Waals surface area (Å²) in [6.45, 7) is 5.49. The van der Waals surface area contributed by atoms with Crippen LogP contribution in [0.25, 0.3) is 11.1 Å². The van der Waals surface area contributed by atoms with Crippen molar-refractivity contribution in [3.05, 3.63) is 58.9 Å². The predicted octanol–water partition coefficient (Wildman–Crippen LogP) is 3.44. The highest BCUT2D eigenvalue weighted by Gasteiger charge is 2.54. The zero-order valence-electron chi connectivity index (χ0n) is 23.9. The van der Waals surface area contributed by atoms with E-state index in [0.29, 0.717) is 17.7 Å². The zero-order valence-corrected chi connectivity index (χ0v) is 23.9. The molecule has 218 valence electrons. The van der Waals surface area contributed by atoms with Gasteiger partial charge in [-0.25, -0.2) is 9.18 Å². The van der Waals surface area contributed by atoms with Crippen molar-refractivity contribution in [2.45, 2.75) is 51.5 Å². The van der Waals surface area contributed by atoms with E-state index in [2.05, 4.69) is 5.32 Å². The number of methoxy groups -OCH3 is 1. The maximum atomic E-state index is 15.3. The first-order valence-electron chi connectivity index (χ1n) is 13.3. The van der Waals surface area contributed by atoms with Gasteiger partial charge in [0.1, 0.15) is 11.9 Å². The van der Waals surface area contributed by atoms with Crippen LogP contribution in [-0.4, -0.2) is 84.4 Å². The number of nitrogens with one attached hydrogen (secondary N) is 1. The van der Waals surface area contributed by atoms with Gasteiger partial charge in [-0.05, 0) is 40.5 Å². The molecule has 2 aromatic rings. The largest absolute Gasteiger partial charge is 0.465 e. The quantitative estimate of drug-likeness (QED) is 0.548. The molecule has 3 atom stereocenters. The molecule has 0 spiro atoms. The van der Waals surface area contributed by atoms with Crippen LogP contribution in [0, 0.1) is 22.6 Å². The number of hydrogen-bond acceptors (Lipinski definition) is 6. The van der Waals surface area contributed by atoms with Gasteiger partial charge in [0, 0.05) is 38.1 Å². The summed E-state index contributed by atoms with van der Waals surface area (Å²) in [4.78, 5) is 40.6. The molecular weight excluding hydrogens is 531 g/mol. The van der Waals surface area contributed by atoms with Crippen LogP contribution >= 0.6 is 0 Å². The number of nitrogens with zero attached hydrogens (tertiary/aromatic N) is 3. The summed E-state index contributed by atoms with van der Waals surface area (Å²) in [6.07, 6.45) is -1.91. The van der Waals surface area contributed by atoms with Crippen molar-refractivity contribution in [1.82, 2.24) is 15.1 Å². The van der Waals surface area contributed by atoms with Gasteiger partial charge in [0.05, 0.1) is 31.9 Å². The van der Waals surface area contributed by atoms with Gasteiger partial charge in [0.2, 0.25) is 0 Å². The number of fused-ring (bicyclic) bond motifs is 1. The van der Waals surface area contributed by atoms with E-state index >= 15 is 4.39 Å². The van der Waals surface area contributed by atoms with Crippen molar-refractivity contribution in [3.8, 4) is 17.2 Å². The van der Waals surface area contributed by atoms with Gasteiger partial charge in [-0.15, -0.1) is 0 Å². The predicted molar refractivity (Wildman–Crippen MR) is 147 cm³/mol. The SMILES string of the molecule is CO[C@H]1CO[C@@](C(=O)N[C@H](C#N)Cc2ccc(-c3ccc4c(c3)CN(C)C4=O)cc2F)(C(C)(C)C)CN(C(=O)O)C1. The fraction of sp³-hybridized carbons (Fsp3) is 0.467. The molecule has 4 rings (SSSR count). The van der Waals surface area contributed by atoms with E-state index < -0.39 is 41.0 Å². The number of amides is 3. The topological polar surface area (TPSA) is 132 Å². The molecule has 1 fully saturated rings. The molecule has 10 nitrogen and oxygen atoms in total. The maximum absolute atomic E-state index is 15.3. The Morgan fingerprint density at radius 2 is 1.95 bits per heavy atom. The van der Waals surface area contributed by atoms with E-state index in [9.17, 15) is 24.8 Å². The molecule has 0 saturated carbocycles. The second-order valence-electron chi connectivity index (χ2n) is 11.6. The van der Waals surface area contributed by atoms with Crippen LogP contribution in [0.3, 0.4) is 0 Å². The summed E-state index contributed by atoms with van der Waals surface area (Å²) in [7, 11) is 3.16. The van der Waals surface area contributed by atoms with E-state index in [4.69, 9.17) is 9.47 Å². The van der Waals surface area contributed by atoms with E-state index in [1.165, 1.54) is 13.2 Å². The Hall–Kier alpha value is -4.01. The number of carbonyl (C=O) groups excluding carboxylic acids is 2. The second-order valence-corrected chi connectivity index (χ2v) is 11.6. The minimum Gasteiger partial charge on any atom is -0.465 e. The Labute approximate surface area is 238 Å². The minimum absolute atomic E-state index is 0.0212. The summed E-state index contributed by atoms with van der Waals surface area (Å²) >= 11 is 0. The Kier molecular flexibility index (Phi) is 8.38. The highest BCUT2D eigenvalue weighted by molar-refractivity contribution is 5.98. The lowest BCUT2D eigenvalue weighted by molar-refractivity contribution is -0.168. The van der Waals surface area contributed by atoms with Crippen LogP contribution < -0.4 is 5.32 Å². The first-order chi connectivity index (χ1) is 19.3. The van der Waals surface area contributed by atoms with Crippen molar-refractivity contribution in [2.75, 3.05) is 33.9 Å². The summed E-state index contributed by atoms with van der Waals surface area (Å²) in [5.41, 5.74) is 0.629. The van der Waals surface area contributed by atoms with Gasteiger partial charge in [-0.3, -0.25) is 9.59 Å². The first kappa shape index (κ1) is 30.0. The highest BCUT2D eigenvalue weighted by Crippen LogP contribution is 2.37. The molecule has 1 saturated heterocycles. The minimum atomic E-state index is -1.63. The molecule has 3 amide bonds. The third-order valence-corrected chi connectivity index (χ3v) is 7.90. The van der Waals surface area contributed by atoms with Gasteiger partial charge >= 0.3 is 6.09 Å². The molecule has 2 N–H and O–H groups in total. The molecule has 0 unspecified atom stereocenters. The van der Waals surface area contributed by atoms with Crippen LogP contribution in [0.4, 0.5) is 9.18 Å². The molecule has 11 heteroatoms. The molecule has 2 aliphatic heterocycles. The summed E-state index contributed by atoms with van der Waals surface area (Å²) < 4.78 is 26.7. The van der Waals surface area contributed by atoms with E-state index in [-0.39, 0.29) is 37.6 Å². The highest BCUT2D eigenvalue weighted by atomic mass is 19.1. The maximum Gasteiger partial charge on any atom is 0.407 e. The molecule has 2 aromatic carbocycles. The van der Waals surface area contributed by atoms with Crippen LogP contribution in [-0.2, 0) is 27.2 Å². The fourth-order valence-corrected chi connectivity index (χ4v) is 5.29. The third kappa shape index (κ3) is 5.89. The zero-order chi connectivity index (χ0) is 30.1. The second kappa shape index (κ2) is 11.5. The van der Waals surface area contributed by atoms with Crippen LogP contribution in [0.5, 0.6) is 0 Å². The number of carbonyl (C=O) groups is 3. The van der Waals surface area contributed by atoms with Crippen molar-refractivity contribution in [3.63, 3.8) is 0 Å². The lowest BCUT2D eigenvalue weighted by atomic mass is 9.75. The summed E-state index contributed by atoms with van der Waals surface area (Å²) in [6, 6.07) is 11.0. The number of hydrogen-bond donors (Lipinski definition) is 2. The molecule has 2 heterocycles. The van der Waals surface area contributed by atoms with Crippen LogP contribution in [0.2, 0.25) is 0 Å². The lowest BCUT2D eigenvalue weighted by Gasteiger charge is -2.43. The Balaban J connectivity index is 1.54. The van der Waals surface area contributed by atoms with E-state index in [0.717, 1.165) is 16.0 Å². The smallest absolute Gasteiger partial charge is 0.407 e. The van der Waals surface area contributed by atoms with E-state index in [1.54, 1.807) is 57.0 Å². The number of ether oxygens (including phenoxy) is 2. The number of benzene rings is 2. The number of carboxylic acid groups (broad SMARTS) is 1. The van der Waals surface area contributed by atoms with Crippen molar-refractivity contribution < 1.29 is 33.4 Å². The molecule has 2 aliphatic rings. The normalized spacial score (nSPS) is 21.6. The average molecular weight is 567 g/mol. The monoisotopic (exact) mass is 566 g/mol. The molecule has 0 aliphatic carbocycles. The fourth-order valence-electron chi connectivity index (χ4n) is 5.29. The number of rotatable bonds is 6. The molecule has 0 radical (unpaired) electrons. The van der Waals surface area contributed by atoms with Crippen molar-refractivity contribution in [1.29, 1.82) is 5.26 Å². The standard InChI is InChI=1S/C30H35FN4O6/c1-29(2,3)30(17-35(28(38)39)15-23(40-5)16-41-30)27(37)33-22(13-32)11-20-7-6-19(12-25(20)31)18-8-9-24-21(10-18)14-34(4)26(24)36/h6-10,12,22-23H,11,14-17H2,1-5H3,(H,33,37)(H,38,39)/t22-,23+,30-/m0/s1. The Bertz CT molecular complexity index is 1400. The Morgan fingerprint density at radius 1 is 1.27 bits per heavy atom. The number of nitriles is 1. The Morgan fingerprint density at radius 3 is 2.56 bits per heavy atom. The molecule has 41 heavy (non-hydrogen) atoms. The number of halogens is 1. The van der Waals surface area contributed by atoms with Crippen LogP contribution in [0.1, 0.15) is 42.3 Å². The summed E-state index contributed by atoms with van der Waals surface area (Å²) in [5.74, 6) is -1.24. The summed E-state index contributed by atoms with van der Waals surface area (Å²) in [5, 5.41) is 22.3. The van der Waals surface area contributed by atoms with Crippen molar-refractivity contribution >= 4 is 17.9 Å². The molecular formula is C30H35FN4O6. The molecule has 0 aromatic heterocycles. The van der Waals surface area contributed by atoms with Crippen molar-refractivity contribution in [2.24, 2.45) is 5.41 Å². The van der Waals surface area contributed by atoms with Gasteiger partial charge in [0.25, 0.3) is 11.8 Å². The van der Waals surface area contributed by atoms with E-state index in [1.807, 2.05) is 12.1 Å². The van der Waals surface area contributed by atoms with Crippen LogP contribution in [0.15, 0.2) is 36.4 Å². The van der Waals surface area contributed by atoms with Gasteiger partial charge < -0.3 is 29.7 Å². The average Bonchev–Trinajstić information content (AvgIpc) is 3.08. The third-order valence-electron chi connectivity index (χ3n) is 7.90.